The number of benzene rings is 2. The Bertz CT molecular complexity index is 1980. The summed E-state index contributed by atoms with van der Waals surface area (Å²) in [5.41, 5.74) is 13.9. The van der Waals surface area contributed by atoms with Gasteiger partial charge in [0.1, 0.15) is 28.3 Å². The number of rotatable bonds is 14. The van der Waals surface area contributed by atoms with E-state index in [1.165, 1.54) is 12.1 Å². The molecule has 1 saturated heterocycles. The molecule has 13 nitrogen and oxygen atoms in total. The van der Waals surface area contributed by atoms with Gasteiger partial charge in [-0.25, -0.2) is 13.4 Å². The fourth-order valence-electron chi connectivity index (χ4n) is 7.38. The molecular formula is C38H52Cl2N8O5S. The highest BCUT2D eigenvalue weighted by molar-refractivity contribution is 7.89. The number of hydrogen-bond donors (Lipinski definition) is 3. The number of para-hydroxylation sites is 1. The highest BCUT2D eigenvalue weighted by atomic mass is 35.5. The molecule has 3 aromatic rings. The van der Waals surface area contributed by atoms with Crippen LogP contribution in [0.15, 0.2) is 46.3 Å². The number of aliphatic imine (C=N–C) groups is 1. The van der Waals surface area contributed by atoms with Gasteiger partial charge in [0.25, 0.3) is 0 Å². The number of guanidine groups is 1. The van der Waals surface area contributed by atoms with Gasteiger partial charge in [-0.3, -0.25) is 14.6 Å². The van der Waals surface area contributed by atoms with Crippen LogP contribution in [-0.2, 0) is 26.2 Å². The summed E-state index contributed by atoms with van der Waals surface area (Å²) < 4.78 is 37.1. The Hall–Kier alpha value is -3.69. The fraction of sp³-hybridized carbons (Fsp3) is 0.526. The third-order valence-electron chi connectivity index (χ3n) is 10.3. The van der Waals surface area contributed by atoms with E-state index in [2.05, 4.69) is 14.7 Å². The van der Waals surface area contributed by atoms with Crippen LogP contribution >= 0.6 is 23.2 Å². The third kappa shape index (κ3) is 9.22. The number of amides is 2. The Morgan fingerprint density at radius 2 is 1.76 bits per heavy atom. The SMILES string of the molecule is CCN=C(N)N(CC)CCC[C@H](N)C(=O)N1CCN(C(=O)C2(NS(=O)(=O)c3ccc(Cl)c(COc4cccc5c(C)cc(C)nc45)c3Cl)CCCC2)CC1. The van der Waals surface area contributed by atoms with Gasteiger partial charge in [-0.2, -0.15) is 4.72 Å². The smallest absolute Gasteiger partial charge is 0.243 e. The van der Waals surface area contributed by atoms with Crippen LogP contribution in [0.5, 0.6) is 5.75 Å². The standard InChI is InChI=1S/C38H52Cl2N8O5S/c1-5-43-37(42)46(6-2)18-10-12-30(41)35(49)47-19-21-48(22-20-47)36(50)38(16-7-8-17-38)45-54(51,52)32-15-14-29(39)28(33(32)40)24-53-31-13-9-11-27-25(3)23-26(4)44-34(27)31/h9,11,13-15,23,30,45H,5-8,10,12,16-22,24,41H2,1-4H3,(H2,42,43)/t30-/m0/s1. The van der Waals surface area contributed by atoms with Crippen molar-refractivity contribution in [2.45, 2.75) is 89.3 Å². The summed E-state index contributed by atoms with van der Waals surface area (Å²) in [6.07, 6.45) is 3.20. The first-order valence-corrected chi connectivity index (χ1v) is 20.8. The molecule has 2 aromatic carbocycles. The second-order valence-electron chi connectivity index (χ2n) is 14.0. The Morgan fingerprint density at radius 3 is 2.43 bits per heavy atom. The quantitative estimate of drug-likeness (QED) is 0.153. The maximum absolute atomic E-state index is 14.2. The molecule has 1 aliphatic heterocycles. The molecule has 0 radical (unpaired) electrons. The van der Waals surface area contributed by atoms with Gasteiger partial charge in [0, 0.05) is 67.5 Å². The lowest BCUT2D eigenvalue weighted by atomic mass is 9.96. The number of nitrogens with zero attached hydrogens (tertiary/aromatic N) is 5. The predicted octanol–water partition coefficient (Wildman–Crippen LogP) is 4.76. The molecule has 2 amide bonds. The zero-order chi connectivity index (χ0) is 39.2. The number of sulfonamides is 1. The Kier molecular flexibility index (Phi) is 13.7. The molecule has 0 unspecified atom stereocenters. The van der Waals surface area contributed by atoms with Crippen LogP contribution in [0, 0.1) is 13.8 Å². The van der Waals surface area contributed by atoms with Crippen molar-refractivity contribution in [1.29, 1.82) is 0 Å². The van der Waals surface area contributed by atoms with Crippen LogP contribution < -0.4 is 20.9 Å². The molecule has 54 heavy (non-hydrogen) atoms. The minimum atomic E-state index is -4.30. The average molecular weight is 804 g/mol. The summed E-state index contributed by atoms with van der Waals surface area (Å²) in [4.78, 5) is 41.4. The molecule has 16 heteroatoms. The van der Waals surface area contributed by atoms with Crippen molar-refractivity contribution in [3.63, 3.8) is 0 Å². The minimum absolute atomic E-state index is 0.0837. The summed E-state index contributed by atoms with van der Waals surface area (Å²) in [6, 6.07) is 9.75. The van der Waals surface area contributed by atoms with Gasteiger partial charge in [-0.15, -0.1) is 0 Å². The maximum atomic E-state index is 14.2. The van der Waals surface area contributed by atoms with Gasteiger partial charge in [-0.1, -0.05) is 48.2 Å². The molecule has 2 fully saturated rings. The van der Waals surface area contributed by atoms with Gasteiger partial charge >= 0.3 is 0 Å². The molecule has 0 spiro atoms. The van der Waals surface area contributed by atoms with E-state index in [1.807, 2.05) is 50.8 Å². The molecule has 2 aliphatic rings. The number of nitrogens with two attached hydrogens (primary N) is 2. The highest BCUT2D eigenvalue weighted by Gasteiger charge is 2.47. The zero-order valence-electron chi connectivity index (χ0n) is 31.5. The summed E-state index contributed by atoms with van der Waals surface area (Å²) in [7, 11) is -4.30. The molecule has 5 rings (SSSR count). The van der Waals surface area contributed by atoms with Gasteiger partial charge in [0.15, 0.2) is 5.96 Å². The largest absolute Gasteiger partial charge is 0.487 e. The number of hydrogen-bond acceptors (Lipinski definition) is 8. The van der Waals surface area contributed by atoms with Crippen LogP contribution in [0.4, 0.5) is 0 Å². The average Bonchev–Trinajstić information content (AvgIpc) is 3.61. The van der Waals surface area contributed by atoms with E-state index >= 15 is 0 Å². The minimum Gasteiger partial charge on any atom is -0.487 e. The van der Waals surface area contributed by atoms with Crippen LogP contribution in [0.25, 0.3) is 10.9 Å². The van der Waals surface area contributed by atoms with Gasteiger partial charge < -0.3 is 30.9 Å². The Morgan fingerprint density at radius 1 is 1.07 bits per heavy atom. The molecule has 5 N–H and O–H groups in total. The number of ether oxygens (including phenoxy) is 1. The summed E-state index contributed by atoms with van der Waals surface area (Å²) in [5.74, 6) is 0.512. The monoisotopic (exact) mass is 802 g/mol. The fourth-order valence-corrected chi connectivity index (χ4v) is 9.68. The first-order chi connectivity index (χ1) is 25.7. The lowest BCUT2D eigenvalue weighted by Crippen LogP contribution is -2.62. The van der Waals surface area contributed by atoms with E-state index in [0.717, 1.165) is 16.6 Å². The van der Waals surface area contributed by atoms with Crippen molar-refractivity contribution in [2.75, 3.05) is 45.8 Å². The number of pyridine rings is 1. The second-order valence-corrected chi connectivity index (χ2v) is 16.5. The van der Waals surface area contributed by atoms with Crippen molar-refractivity contribution in [1.82, 2.24) is 24.4 Å². The molecule has 0 bridgehead atoms. The van der Waals surface area contributed by atoms with Crippen molar-refractivity contribution >= 4 is 61.9 Å². The van der Waals surface area contributed by atoms with Crippen LogP contribution in [0.2, 0.25) is 10.0 Å². The zero-order valence-corrected chi connectivity index (χ0v) is 33.9. The lowest BCUT2D eigenvalue weighted by Gasteiger charge is -2.40. The number of nitrogens with one attached hydrogen (secondary N) is 1. The molecule has 1 aliphatic carbocycles. The van der Waals surface area contributed by atoms with Gasteiger partial charge in [-0.05, 0) is 83.2 Å². The van der Waals surface area contributed by atoms with Gasteiger partial charge in [0.2, 0.25) is 21.8 Å². The molecule has 2 heterocycles. The number of piperazine rings is 1. The number of aromatic nitrogens is 1. The first kappa shape index (κ1) is 41.5. The maximum Gasteiger partial charge on any atom is 0.243 e. The van der Waals surface area contributed by atoms with E-state index in [-0.39, 0.29) is 46.5 Å². The van der Waals surface area contributed by atoms with Crippen molar-refractivity contribution in [3.05, 3.63) is 63.3 Å². The lowest BCUT2D eigenvalue weighted by molar-refractivity contribution is -0.144. The van der Waals surface area contributed by atoms with E-state index in [1.54, 1.807) is 15.9 Å². The van der Waals surface area contributed by atoms with Crippen molar-refractivity contribution in [3.8, 4) is 5.75 Å². The summed E-state index contributed by atoms with van der Waals surface area (Å²) >= 11 is 13.3. The molecule has 294 valence electrons. The van der Waals surface area contributed by atoms with Crippen molar-refractivity contribution in [2.24, 2.45) is 16.5 Å². The topological polar surface area (TPSA) is 177 Å². The van der Waals surface area contributed by atoms with Crippen LogP contribution in [0.1, 0.15) is 69.2 Å². The van der Waals surface area contributed by atoms with E-state index < -0.39 is 21.6 Å². The molecule has 1 saturated carbocycles. The van der Waals surface area contributed by atoms with Crippen molar-refractivity contribution < 1.29 is 22.7 Å². The second kappa shape index (κ2) is 17.8. The number of fused-ring (bicyclic) bond motifs is 1. The molecule has 1 atom stereocenters. The summed E-state index contributed by atoms with van der Waals surface area (Å²) in [5, 5.41) is 1.10. The Balaban J connectivity index is 1.24. The van der Waals surface area contributed by atoms with E-state index in [4.69, 9.17) is 39.4 Å². The van der Waals surface area contributed by atoms with E-state index in [9.17, 15) is 18.0 Å². The number of aryl methyl sites for hydroxylation is 2. The normalized spacial score (nSPS) is 16.8. The number of halogens is 2. The predicted molar refractivity (Wildman–Crippen MR) is 213 cm³/mol. The highest BCUT2D eigenvalue weighted by Crippen LogP contribution is 2.37. The van der Waals surface area contributed by atoms with Crippen LogP contribution in [-0.4, -0.2) is 103 Å². The number of carbonyl (C=O) groups is 2. The third-order valence-corrected chi connectivity index (χ3v) is 12.8. The summed E-state index contributed by atoms with van der Waals surface area (Å²) in [6.45, 7) is 10.8. The van der Waals surface area contributed by atoms with Crippen LogP contribution in [0.3, 0.4) is 0 Å². The van der Waals surface area contributed by atoms with E-state index in [0.29, 0.717) is 94.0 Å². The number of carbonyl (C=O) groups excluding carboxylic acids is 2. The Labute approximate surface area is 328 Å². The first-order valence-electron chi connectivity index (χ1n) is 18.6. The molecular weight excluding hydrogens is 751 g/mol. The molecule has 1 aromatic heterocycles. The van der Waals surface area contributed by atoms with Gasteiger partial charge in [0.05, 0.1) is 11.1 Å².